The van der Waals surface area contributed by atoms with E-state index < -0.39 is 0 Å². The Balaban J connectivity index is 1.79. The lowest BCUT2D eigenvalue weighted by molar-refractivity contribution is 0.0689. The van der Waals surface area contributed by atoms with Crippen LogP contribution in [0.2, 0.25) is 0 Å². The van der Waals surface area contributed by atoms with Gasteiger partial charge < -0.3 is 14.5 Å². The minimum Gasteiger partial charge on any atom is -0.354 e. The molecule has 3 aromatic heterocycles. The fourth-order valence-electron chi connectivity index (χ4n) is 3.36. The molecule has 1 aliphatic heterocycles. The van der Waals surface area contributed by atoms with Gasteiger partial charge in [0.05, 0.1) is 17.6 Å². The summed E-state index contributed by atoms with van der Waals surface area (Å²) in [7, 11) is 1.95. The van der Waals surface area contributed by atoms with Crippen LogP contribution in [0.4, 0.5) is 0 Å². The molecule has 0 aromatic carbocycles. The first-order chi connectivity index (χ1) is 11.7. The molecule has 0 spiro atoms. The molecule has 6 nitrogen and oxygen atoms in total. The van der Waals surface area contributed by atoms with E-state index in [1.54, 1.807) is 12.5 Å². The van der Waals surface area contributed by atoms with Gasteiger partial charge in [-0.15, -0.1) is 0 Å². The van der Waals surface area contributed by atoms with Gasteiger partial charge in [0.1, 0.15) is 6.04 Å². The molecular formula is C18H19N5O. The number of hydrogen-bond donors (Lipinski definition) is 1. The van der Waals surface area contributed by atoms with E-state index in [1.807, 2.05) is 54.0 Å². The van der Waals surface area contributed by atoms with Gasteiger partial charge in [0, 0.05) is 50.0 Å². The number of carbonyl (C=O) groups is 1. The summed E-state index contributed by atoms with van der Waals surface area (Å²) < 4.78 is 1.97. The molecule has 24 heavy (non-hydrogen) atoms. The Morgan fingerprint density at radius 3 is 2.96 bits per heavy atom. The summed E-state index contributed by atoms with van der Waals surface area (Å²) in [6.45, 7) is 2.62. The van der Waals surface area contributed by atoms with Crippen LogP contribution in [0.3, 0.4) is 0 Å². The van der Waals surface area contributed by atoms with Crippen LogP contribution in [-0.2, 0) is 13.5 Å². The van der Waals surface area contributed by atoms with E-state index in [-0.39, 0.29) is 11.9 Å². The number of nitrogens with zero attached hydrogens (tertiary/aromatic N) is 4. The number of H-pyrrole nitrogens is 1. The molecule has 0 aliphatic carbocycles. The van der Waals surface area contributed by atoms with Crippen molar-refractivity contribution in [2.45, 2.75) is 19.4 Å². The van der Waals surface area contributed by atoms with Crippen molar-refractivity contribution in [3.05, 3.63) is 71.3 Å². The largest absolute Gasteiger partial charge is 0.354 e. The van der Waals surface area contributed by atoms with Crippen molar-refractivity contribution in [1.29, 1.82) is 0 Å². The molecule has 0 saturated heterocycles. The highest BCUT2D eigenvalue weighted by Crippen LogP contribution is 2.34. The summed E-state index contributed by atoms with van der Waals surface area (Å²) >= 11 is 0. The normalized spacial score (nSPS) is 16.9. The van der Waals surface area contributed by atoms with Crippen molar-refractivity contribution < 1.29 is 4.79 Å². The Labute approximate surface area is 140 Å². The Bertz CT molecular complexity index is 880. The second kappa shape index (κ2) is 5.63. The first kappa shape index (κ1) is 14.7. The molecule has 1 N–H and O–H groups in total. The molecule has 0 bridgehead atoms. The van der Waals surface area contributed by atoms with Gasteiger partial charge in [0.25, 0.3) is 5.91 Å². The van der Waals surface area contributed by atoms with Crippen LogP contribution in [0.25, 0.3) is 0 Å². The van der Waals surface area contributed by atoms with Gasteiger partial charge >= 0.3 is 0 Å². The fourth-order valence-corrected chi connectivity index (χ4v) is 3.36. The Hall–Kier alpha value is -2.89. The Morgan fingerprint density at radius 1 is 1.38 bits per heavy atom. The second-order valence-corrected chi connectivity index (χ2v) is 6.13. The Kier molecular flexibility index (Phi) is 3.45. The highest BCUT2D eigenvalue weighted by molar-refractivity contribution is 5.96. The third-order valence-corrected chi connectivity index (χ3v) is 4.80. The zero-order valence-corrected chi connectivity index (χ0v) is 13.7. The molecule has 3 aromatic rings. The van der Waals surface area contributed by atoms with Gasteiger partial charge in [-0.3, -0.25) is 9.78 Å². The quantitative estimate of drug-likeness (QED) is 0.787. The van der Waals surface area contributed by atoms with Crippen LogP contribution < -0.4 is 0 Å². The number of amides is 1. The molecule has 1 atom stereocenters. The number of hydrogen-bond acceptors (Lipinski definition) is 3. The number of fused-ring (bicyclic) bond motifs is 1. The maximum Gasteiger partial charge on any atom is 0.256 e. The van der Waals surface area contributed by atoms with Crippen LogP contribution >= 0.6 is 0 Å². The van der Waals surface area contributed by atoms with E-state index in [0.717, 1.165) is 34.6 Å². The van der Waals surface area contributed by atoms with Gasteiger partial charge in [-0.25, -0.2) is 4.98 Å². The number of carbonyl (C=O) groups excluding carboxylic acids is 1. The van der Waals surface area contributed by atoms with Crippen molar-refractivity contribution in [3.63, 3.8) is 0 Å². The third-order valence-electron chi connectivity index (χ3n) is 4.80. The molecule has 1 unspecified atom stereocenters. The second-order valence-electron chi connectivity index (χ2n) is 6.13. The highest BCUT2D eigenvalue weighted by atomic mass is 16.2. The number of imidazole rings is 1. The van der Waals surface area contributed by atoms with Crippen molar-refractivity contribution in [2.24, 2.45) is 7.05 Å². The minimum absolute atomic E-state index is 0.0376. The number of aromatic amines is 1. The predicted octanol–water partition coefficient (Wildman–Crippen LogP) is 2.24. The third kappa shape index (κ3) is 2.22. The van der Waals surface area contributed by atoms with Crippen molar-refractivity contribution in [3.8, 4) is 0 Å². The molecule has 1 amide bonds. The van der Waals surface area contributed by atoms with E-state index in [2.05, 4.69) is 15.0 Å². The van der Waals surface area contributed by atoms with Gasteiger partial charge in [-0.1, -0.05) is 6.07 Å². The Morgan fingerprint density at radius 2 is 2.25 bits per heavy atom. The zero-order valence-electron chi connectivity index (χ0n) is 13.7. The van der Waals surface area contributed by atoms with Gasteiger partial charge in [-0.2, -0.15) is 0 Å². The molecule has 122 valence electrons. The lowest BCUT2D eigenvalue weighted by atomic mass is 9.96. The lowest BCUT2D eigenvalue weighted by Gasteiger charge is -2.35. The smallest absolute Gasteiger partial charge is 0.256 e. The van der Waals surface area contributed by atoms with Crippen LogP contribution in [0, 0.1) is 6.92 Å². The molecule has 4 heterocycles. The number of pyridine rings is 1. The molecular weight excluding hydrogens is 302 g/mol. The summed E-state index contributed by atoms with van der Waals surface area (Å²) in [4.78, 5) is 27.0. The summed E-state index contributed by atoms with van der Waals surface area (Å²) in [5, 5.41) is 0. The fraction of sp³-hybridized carbons (Fsp3) is 0.278. The highest BCUT2D eigenvalue weighted by Gasteiger charge is 2.35. The van der Waals surface area contributed by atoms with Crippen LogP contribution in [0.15, 0.2) is 43.1 Å². The molecule has 0 fully saturated rings. The number of nitrogens with one attached hydrogen (secondary N) is 1. The number of rotatable bonds is 2. The van der Waals surface area contributed by atoms with Gasteiger partial charge in [0.2, 0.25) is 0 Å². The van der Waals surface area contributed by atoms with Gasteiger partial charge in [0.15, 0.2) is 0 Å². The molecule has 0 saturated carbocycles. The first-order valence-corrected chi connectivity index (χ1v) is 8.01. The summed E-state index contributed by atoms with van der Waals surface area (Å²) in [6, 6.07) is 5.57. The maximum absolute atomic E-state index is 13.2. The minimum atomic E-state index is -0.208. The van der Waals surface area contributed by atoms with E-state index in [9.17, 15) is 4.79 Å². The lowest BCUT2D eigenvalue weighted by Crippen LogP contribution is -2.41. The summed E-state index contributed by atoms with van der Waals surface area (Å²) in [5.41, 5.74) is 4.70. The topological polar surface area (TPSA) is 66.8 Å². The zero-order chi connectivity index (χ0) is 16.7. The van der Waals surface area contributed by atoms with Crippen LogP contribution in [-0.4, -0.2) is 36.9 Å². The average Bonchev–Trinajstić information content (AvgIpc) is 3.21. The van der Waals surface area contributed by atoms with Crippen LogP contribution in [0.1, 0.15) is 39.0 Å². The standard InChI is InChI=1S/C18H19N5O/c1-12-14(5-8-22(12)2)18(24)23-9-6-15-16(21-11-20-15)17(23)13-4-3-7-19-10-13/h3-5,7-8,10-11,17H,6,9H2,1-2H3,(H,20,21). The summed E-state index contributed by atoms with van der Waals surface area (Å²) in [6.07, 6.45) is 7.96. The number of aryl methyl sites for hydroxylation is 1. The van der Waals surface area contributed by atoms with E-state index >= 15 is 0 Å². The summed E-state index contributed by atoms with van der Waals surface area (Å²) in [5.74, 6) is 0.0376. The monoisotopic (exact) mass is 321 g/mol. The average molecular weight is 321 g/mol. The van der Waals surface area contributed by atoms with E-state index in [0.29, 0.717) is 6.54 Å². The van der Waals surface area contributed by atoms with E-state index in [4.69, 9.17) is 0 Å². The maximum atomic E-state index is 13.2. The predicted molar refractivity (Wildman–Crippen MR) is 89.6 cm³/mol. The van der Waals surface area contributed by atoms with E-state index in [1.165, 1.54) is 0 Å². The SMILES string of the molecule is Cc1c(C(=O)N2CCc3[nH]cnc3C2c2cccnc2)ccn1C. The molecule has 0 radical (unpaired) electrons. The molecule has 1 aliphatic rings. The number of aromatic nitrogens is 4. The van der Waals surface area contributed by atoms with Gasteiger partial charge in [-0.05, 0) is 24.6 Å². The molecule has 4 rings (SSSR count). The first-order valence-electron chi connectivity index (χ1n) is 8.01. The van der Waals surface area contributed by atoms with Crippen molar-refractivity contribution in [1.82, 2.24) is 24.4 Å². The van der Waals surface area contributed by atoms with Crippen molar-refractivity contribution >= 4 is 5.91 Å². The molecule has 6 heteroatoms. The van der Waals surface area contributed by atoms with Crippen LogP contribution in [0.5, 0.6) is 0 Å². The van der Waals surface area contributed by atoms with Crippen molar-refractivity contribution in [2.75, 3.05) is 6.54 Å².